The van der Waals surface area contributed by atoms with Crippen molar-refractivity contribution in [1.29, 1.82) is 0 Å². The van der Waals surface area contributed by atoms with E-state index < -0.39 is 5.91 Å². The highest BCUT2D eigenvalue weighted by molar-refractivity contribution is 7.99. The van der Waals surface area contributed by atoms with Crippen LogP contribution < -0.4 is 0 Å². The van der Waals surface area contributed by atoms with Crippen LogP contribution in [-0.2, 0) is 22.4 Å². The molecular formula is C14H17NO2S. The zero-order valence-corrected chi connectivity index (χ0v) is 11.3. The van der Waals surface area contributed by atoms with Gasteiger partial charge in [0.25, 0.3) is 5.91 Å². The third-order valence-corrected chi connectivity index (χ3v) is 4.39. The highest BCUT2D eigenvalue weighted by atomic mass is 32.2. The number of thioether (sulfide) groups is 1. The van der Waals surface area contributed by atoms with Crippen LogP contribution in [-0.4, -0.2) is 36.4 Å². The number of benzene rings is 1. The Labute approximate surface area is 112 Å². The standard InChI is InChI=1S/C14H17NO2S/c1-15(14(17)10-16)7-6-11-4-5-13-12(9-11)3-2-8-18-13/h4-5,9-10H,2-3,6-8H2,1H3. The van der Waals surface area contributed by atoms with Crippen molar-refractivity contribution in [3.05, 3.63) is 29.3 Å². The second-order valence-electron chi connectivity index (χ2n) is 4.52. The lowest BCUT2D eigenvalue weighted by molar-refractivity contribution is -0.137. The number of hydrogen-bond donors (Lipinski definition) is 0. The highest BCUT2D eigenvalue weighted by Crippen LogP contribution is 2.30. The minimum absolute atomic E-state index is 0.365. The van der Waals surface area contributed by atoms with Crippen molar-refractivity contribution in [2.75, 3.05) is 19.3 Å². The van der Waals surface area contributed by atoms with Crippen LogP contribution in [0.25, 0.3) is 0 Å². The van der Waals surface area contributed by atoms with Gasteiger partial charge in [-0.05, 0) is 42.2 Å². The Balaban J connectivity index is 1.97. The average molecular weight is 263 g/mol. The SMILES string of the molecule is CN(CCc1ccc2c(c1)CCCS2)C(=O)C=O. The molecule has 96 valence electrons. The van der Waals surface area contributed by atoms with Gasteiger partial charge in [0.1, 0.15) is 0 Å². The van der Waals surface area contributed by atoms with Gasteiger partial charge in [0.05, 0.1) is 0 Å². The molecule has 1 aromatic rings. The van der Waals surface area contributed by atoms with Gasteiger partial charge in [0.15, 0.2) is 0 Å². The number of rotatable bonds is 4. The van der Waals surface area contributed by atoms with Gasteiger partial charge in [0, 0.05) is 18.5 Å². The quantitative estimate of drug-likeness (QED) is 0.615. The van der Waals surface area contributed by atoms with Gasteiger partial charge in [-0.25, -0.2) is 0 Å². The molecule has 1 aromatic carbocycles. The summed E-state index contributed by atoms with van der Waals surface area (Å²) in [5.41, 5.74) is 2.66. The Bertz CT molecular complexity index is 459. The van der Waals surface area contributed by atoms with E-state index in [9.17, 15) is 9.59 Å². The van der Waals surface area contributed by atoms with E-state index in [1.54, 1.807) is 7.05 Å². The van der Waals surface area contributed by atoms with Crippen LogP contribution in [0.4, 0.5) is 0 Å². The molecule has 0 N–H and O–H groups in total. The van der Waals surface area contributed by atoms with Crippen molar-refractivity contribution in [3.63, 3.8) is 0 Å². The van der Waals surface area contributed by atoms with Crippen molar-refractivity contribution in [3.8, 4) is 0 Å². The fourth-order valence-corrected chi connectivity index (χ4v) is 3.09. The minimum atomic E-state index is -0.455. The molecule has 0 aliphatic carbocycles. The van der Waals surface area contributed by atoms with Crippen LogP contribution in [0.15, 0.2) is 23.1 Å². The van der Waals surface area contributed by atoms with Crippen molar-refractivity contribution in [1.82, 2.24) is 4.90 Å². The van der Waals surface area contributed by atoms with Gasteiger partial charge < -0.3 is 4.90 Å². The van der Waals surface area contributed by atoms with Gasteiger partial charge in [-0.2, -0.15) is 0 Å². The minimum Gasteiger partial charge on any atom is -0.339 e. The predicted octanol–water partition coefficient (Wildman–Crippen LogP) is 1.92. The molecule has 0 bridgehead atoms. The van der Waals surface area contributed by atoms with Crippen LogP contribution >= 0.6 is 11.8 Å². The Morgan fingerprint density at radius 3 is 3.11 bits per heavy atom. The van der Waals surface area contributed by atoms with Gasteiger partial charge in [-0.1, -0.05) is 12.1 Å². The van der Waals surface area contributed by atoms with Crippen molar-refractivity contribution in [2.45, 2.75) is 24.2 Å². The molecule has 0 unspecified atom stereocenters. The first-order chi connectivity index (χ1) is 8.70. The first-order valence-electron chi connectivity index (χ1n) is 6.15. The van der Waals surface area contributed by atoms with Crippen molar-refractivity contribution >= 4 is 24.0 Å². The lowest BCUT2D eigenvalue weighted by Crippen LogP contribution is -2.29. The normalized spacial score (nSPS) is 13.8. The molecule has 1 amide bonds. The number of nitrogens with zero attached hydrogens (tertiary/aromatic N) is 1. The third kappa shape index (κ3) is 3.13. The Morgan fingerprint density at radius 2 is 2.33 bits per heavy atom. The number of likely N-dealkylation sites (N-methyl/N-ethyl adjacent to an activating group) is 1. The summed E-state index contributed by atoms with van der Waals surface area (Å²) in [5.74, 6) is 0.756. The van der Waals surface area contributed by atoms with E-state index in [2.05, 4.69) is 18.2 Å². The smallest absolute Gasteiger partial charge is 0.286 e. The molecule has 0 saturated carbocycles. The molecule has 4 heteroatoms. The van der Waals surface area contributed by atoms with Crippen molar-refractivity contribution < 1.29 is 9.59 Å². The zero-order chi connectivity index (χ0) is 13.0. The third-order valence-electron chi connectivity index (χ3n) is 3.19. The summed E-state index contributed by atoms with van der Waals surface area (Å²) in [6, 6.07) is 6.53. The fraction of sp³-hybridized carbons (Fsp3) is 0.429. The van der Waals surface area contributed by atoms with Gasteiger partial charge in [0.2, 0.25) is 6.29 Å². The number of aldehydes is 1. The maximum atomic E-state index is 11.1. The zero-order valence-electron chi connectivity index (χ0n) is 10.5. The first kappa shape index (κ1) is 13.1. The summed E-state index contributed by atoms with van der Waals surface area (Å²) >= 11 is 1.92. The number of amides is 1. The second-order valence-corrected chi connectivity index (χ2v) is 5.66. The molecule has 0 radical (unpaired) electrons. The van der Waals surface area contributed by atoms with Crippen LogP contribution in [0.1, 0.15) is 17.5 Å². The van der Waals surface area contributed by atoms with E-state index in [-0.39, 0.29) is 0 Å². The number of carbonyl (C=O) groups is 2. The molecule has 1 aliphatic heterocycles. The maximum Gasteiger partial charge on any atom is 0.286 e. The summed E-state index contributed by atoms with van der Waals surface area (Å²) in [7, 11) is 1.66. The Hall–Kier alpha value is -1.29. The molecule has 1 heterocycles. The number of carbonyl (C=O) groups excluding carboxylic acids is 2. The fourth-order valence-electron chi connectivity index (χ4n) is 2.07. The monoisotopic (exact) mass is 263 g/mol. The molecule has 1 aliphatic rings. The van der Waals surface area contributed by atoms with E-state index in [1.165, 1.54) is 33.1 Å². The summed E-state index contributed by atoms with van der Waals surface area (Å²) in [6.45, 7) is 0.587. The Kier molecular flexibility index (Phi) is 4.42. The van der Waals surface area contributed by atoms with E-state index in [0.717, 1.165) is 12.8 Å². The predicted molar refractivity (Wildman–Crippen MR) is 72.9 cm³/mol. The van der Waals surface area contributed by atoms with E-state index in [0.29, 0.717) is 12.8 Å². The molecule has 3 nitrogen and oxygen atoms in total. The summed E-state index contributed by atoms with van der Waals surface area (Å²) < 4.78 is 0. The van der Waals surface area contributed by atoms with Crippen LogP contribution in [0.2, 0.25) is 0 Å². The molecule has 0 fully saturated rings. The van der Waals surface area contributed by atoms with Gasteiger partial charge in [-0.3, -0.25) is 9.59 Å². The molecule has 0 aromatic heterocycles. The molecule has 2 rings (SSSR count). The second kappa shape index (κ2) is 6.05. The number of fused-ring (bicyclic) bond motifs is 1. The molecule has 18 heavy (non-hydrogen) atoms. The molecular weight excluding hydrogens is 246 g/mol. The van der Waals surface area contributed by atoms with Crippen LogP contribution in [0.3, 0.4) is 0 Å². The lowest BCUT2D eigenvalue weighted by atomic mass is 10.0. The first-order valence-corrected chi connectivity index (χ1v) is 7.14. The highest BCUT2D eigenvalue weighted by Gasteiger charge is 2.11. The summed E-state index contributed by atoms with van der Waals surface area (Å²) in [6.07, 6.45) is 3.56. The van der Waals surface area contributed by atoms with Gasteiger partial charge in [-0.15, -0.1) is 11.8 Å². The molecule has 0 atom stereocenters. The Morgan fingerprint density at radius 1 is 1.50 bits per heavy atom. The maximum absolute atomic E-state index is 11.1. The van der Waals surface area contributed by atoms with E-state index >= 15 is 0 Å². The number of hydrogen-bond acceptors (Lipinski definition) is 3. The summed E-state index contributed by atoms with van der Waals surface area (Å²) in [4.78, 5) is 24.3. The average Bonchev–Trinajstić information content (AvgIpc) is 2.43. The van der Waals surface area contributed by atoms with Gasteiger partial charge >= 0.3 is 0 Å². The summed E-state index contributed by atoms with van der Waals surface area (Å²) in [5, 5.41) is 0. The molecule has 0 saturated heterocycles. The largest absolute Gasteiger partial charge is 0.339 e. The van der Waals surface area contributed by atoms with Crippen LogP contribution in [0, 0.1) is 0 Å². The number of aryl methyl sites for hydroxylation is 1. The van der Waals surface area contributed by atoms with E-state index in [1.807, 2.05) is 11.8 Å². The molecule has 0 spiro atoms. The van der Waals surface area contributed by atoms with Crippen molar-refractivity contribution in [2.24, 2.45) is 0 Å². The lowest BCUT2D eigenvalue weighted by Gasteiger charge is -2.17. The van der Waals surface area contributed by atoms with Crippen LogP contribution in [0.5, 0.6) is 0 Å². The van der Waals surface area contributed by atoms with E-state index in [4.69, 9.17) is 0 Å². The topological polar surface area (TPSA) is 37.4 Å².